The van der Waals surface area contributed by atoms with Gasteiger partial charge in [-0.05, 0) is 35.7 Å². The number of hydrogen-bond donors (Lipinski definition) is 0. The molecule has 0 unspecified atom stereocenters. The first-order chi connectivity index (χ1) is 9.74. The van der Waals surface area contributed by atoms with E-state index < -0.39 is 0 Å². The summed E-state index contributed by atoms with van der Waals surface area (Å²) in [5.41, 5.74) is 2.47. The number of carbonyl (C=O) groups is 2. The molecule has 0 saturated carbocycles. The maximum Gasteiger partial charge on any atom is 0.343 e. The summed E-state index contributed by atoms with van der Waals surface area (Å²) in [5.74, 6) is 0.399. The highest BCUT2D eigenvalue weighted by atomic mass is 16.5. The van der Waals surface area contributed by atoms with Crippen molar-refractivity contribution in [2.24, 2.45) is 0 Å². The van der Waals surface area contributed by atoms with Crippen molar-refractivity contribution < 1.29 is 14.3 Å². The van der Waals surface area contributed by atoms with E-state index in [0.717, 1.165) is 11.1 Å². The molecule has 20 heavy (non-hydrogen) atoms. The first-order valence-corrected chi connectivity index (χ1v) is 6.64. The third-order valence-electron chi connectivity index (χ3n) is 3.49. The molecule has 2 aromatic carbocycles. The normalized spacial score (nSPS) is 13.7. The van der Waals surface area contributed by atoms with Crippen LogP contribution in [0.3, 0.4) is 0 Å². The number of ketones is 1. The second kappa shape index (κ2) is 5.29. The van der Waals surface area contributed by atoms with Gasteiger partial charge in [-0.1, -0.05) is 30.3 Å². The Labute approximate surface area is 117 Å². The van der Waals surface area contributed by atoms with E-state index in [4.69, 9.17) is 4.74 Å². The molecule has 0 radical (unpaired) electrons. The Hall–Kier alpha value is -2.42. The van der Waals surface area contributed by atoms with E-state index in [2.05, 4.69) is 0 Å². The van der Waals surface area contributed by atoms with Gasteiger partial charge in [0.25, 0.3) is 0 Å². The lowest BCUT2D eigenvalue weighted by Crippen LogP contribution is -2.19. The molecule has 3 nitrogen and oxygen atoms in total. The fourth-order valence-electron chi connectivity index (χ4n) is 2.50. The molecule has 0 saturated heterocycles. The summed E-state index contributed by atoms with van der Waals surface area (Å²) in [6.07, 6.45) is 1.54. The van der Waals surface area contributed by atoms with Crippen LogP contribution in [0.5, 0.6) is 5.75 Å². The van der Waals surface area contributed by atoms with Gasteiger partial charge in [-0.2, -0.15) is 0 Å². The minimum atomic E-state index is -0.359. The van der Waals surface area contributed by atoms with E-state index in [9.17, 15) is 9.59 Å². The van der Waals surface area contributed by atoms with E-state index in [1.54, 1.807) is 24.3 Å². The molecular formula is C17H14O3. The summed E-state index contributed by atoms with van der Waals surface area (Å²) in [6, 6.07) is 14.5. The van der Waals surface area contributed by atoms with Gasteiger partial charge in [0.05, 0.1) is 5.56 Å². The number of para-hydroxylation sites is 1. The van der Waals surface area contributed by atoms with E-state index in [-0.39, 0.29) is 11.8 Å². The molecule has 0 spiro atoms. The number of esters is 1. The van der Waals surface area contributed by atoms with Gasteiger partial charge in [0.1, 0.15) is 11.5 Å². The maximum absolute atomic E-state index is 12.3. The van der Waals surface area contributed by atoms with E-state index >= 15 is 0 Å². The summed E-state index contributed by atoms with van der Waals surface area (Å²) < 4.78 is 5.37. The zero-order chi connectivity index (χ0) is 13.9. The average molecular weight is 266 g/mol. The second-order valence-corrected chi connectivity index (χ2v) is 4.86. The van der Waals surface area contributed by atoms with Gasteiger partial charge < -0.3 is 4.74 Å². The lowest BCUT2D eigenvalue weighted by Gasteiger charge is -2.17. The Balaban J connectivity index is 1.89. The summed E-state index contributed by atoms with van der Waals surface area (Å²) in [7, 11) is 0. The van der Waals surface area contributed by atoms with Crippen LogP contribution in [0.4, 0.5) is 0 Å². The van der Waals surface area contributed by atoms with Crippen molar-refractivity contribution in [1.82, 2.24) is 0 Å². The lowest BCUT2D eigenvalue weighted by atomic mass is 9.87. The van der Waals surface area contributed by atoms with Crippen LogP contribution in [0.15, 0.2) is 48.5 Å². The van der Waals surface area contributed by atoms with Gasteiger partial charge in [-0.3, -0.25) is 4.79 Å². The molecule has 2 aromatic rings. The minimum absolute atomic E-state index is 0.228. The Kier molecular flexibility index (Phi) is 3.33. The molecular weight excluding hydrogens is 252 g/mol. The molecule has 100 valence electrons. The summed E-state index contributed by atoms with van der Waals surface area (Å²) in [6.45, 7) is 0. The molecule has 0 aliphatic heterocycles. The lowest BCUT2D eigenvalue weighted by molar-refractivity contribution is -0.118. The van der Waals surface area contributed by atoms with Gasteiger partial charge >= 0.3 is 5.97 Å². The number of fused-ring (bicyclic) bond motifs is 1. The zero-order valence-electron chi connectivity index (χ0n) is 11.0. The molecule has 0 amide bonds. The predicted octanol–water partition coefficient (Wildman–Crippen LogP) is 2.96. The van der Waals surface area contributed by atoms with Crippen molar-refractivity contribution in [3.05, 3.63) is 65.2 Å². The van der Waals surface area contributed by atoms with Gasteiger partial charge in [-0.15, -0.1) is 0 Å². The number of ether oxygens (including phenoxy) is 1. The number of Topliss-reactive ketones (excluding diaryl/α,β-unsaturated/α-hetero) is 1. The van der Waals surface area contributed by atoms with Gasteiger partial charge in [0.15, 0.2) is 0 Å². The molecule has 1 aliphatic rings. The highest BCUT2D eigenvalue weighted by Gasteiger charge is 2.22. The summed E-state index contributed by atoms with van der Waals surface area (Å²) in [5, 5.41) is 0. The van der Waals surface area contributed by atoms with E-state index in [1.807, 2.05) is 24.3 Å². The number of benzene rings is 2. The Morgan fingerprint density at radius 2 is 1.75 bits per heavy atom. The fourth-order valence-corrected chi connectivity index (χ4v) is 2.50. The van der Waals surface area contributed by atoms with Gasteiger partial charge in [0.2, 0.25) is 0 Å². The van der Waals surface area contributed by atoms with E-state index in [0.29, 0.717) is 30.6 Å². The molecule has 0 fully saturated rings. The van der Waals surface area contributed by atoms with Crippen LogP contribution in [-0.4, -0.2) is 11.8 Å². The smallest absolute Gasteiger partial charge is 0.343 e. The summed E-state index contributed by atoms with van der Waals surface area (Å²) in [4.78, 5) is 23.7. The van der Waals surface area contributed by atoms with Crippen LogP contribution in [0.1, 0.15) is 27.9 Å². The molecule has 0 N–H and O–H groups in total. The number of rotatable bonds is 2. The molecule has 0 atom stereocenters. The van der Waals surface area contributed by atoms with E-state index in [1.165, 1.54) is 0 Å². The van der Waals surface area contributed by atoms with Crippen molar-refractivity contribution in [3.8, 4) is 5.75 Å². The Bertz CT molecular complexity index is 659. The van der Waals surface area contributed by atoms with Crippen LogP contribution in [0.2, 0.25) is 0 Å². The van der Waals surface area contributed by atoms with Crippen LogP contribution >= 0.6 is 0 Å². The third-order valence-corrected chi connectivity index (χ3v) is 3.49. The quantitative estimate of drug-likeness (QED) is 0.620. The molecule has 3 heteroatoms. The highest BCUT2D eigenvalue weighted by molar-refractivity contribution is 5.94. The Morgan fingerprint density at radius 3 is 2.55 bits per heavy atom. The maximum atomic E-state index is 12.3. The SMILES string of the molecule is O=C1CCc2c(cccc2C(=O)Oc2ccccc2)C1. The third kappa shape index (κ3) is 2.48. The fraction of sp³-hybridized carbons (Fsp3) is 0.176. The topological polar surface area (TPSA) is 43.4 Å². The molecule has 1 aliphatic carbocycles. The van der Waals surface area contributed by atoms with Crippen LogP contribution < -0.4 is 4.74 Å². The standard InChI is InChI=1S/C17H14O3/c18-13-9-10-15-12(11-13)5-4-8-16(15)17(19)20-14-6-2-1-3-7-14/h1-8H,9-11H2. The largest absolute Gasteiger partial charge is 0.423 e. The monoisotopic (exact) mass is 266 g/mol. The second-order valence-electron chi connectivity index (χ2n) is 4.86. The van der Waals surface area contributed by atoms with Crippen molar-refractivity contribution in [1.29, 1.82) is 0 Å². The van der Waals surface area contributed by atoms with Crippen LogP contribution in [-0.2, 0) is 17.6 Å². The number of hydrogen-bond acceptors (Lipinski definition) is 3. The molecule has 3 rings (SSSR count). The van der Waals surface area contributed by atoms with Gasteiger partial charge in [-0.25, -0.2) is 4.79 Å². The first kappa shape index (κ1) is 12.6. The highest BCUT2D eigenvalue weighted by Crippen LogP contribution is 2.24. The zero-order valence-corrected chi connectivity index (χ0v) is 11.0. The first-order valence-electron chi connectivity index (χ1n) is 6.64. The van der Waals surface area contributed by atoms with Crippen molar-refractivity contribution in [2.45, 2.75) is 19.3 Å². The minimum Gasteiger partial charge on any atom is -0.423 e. The number of carbonyl (C=O) groups excluding carboxylic acids is 2. The molecule has 0 aromatic heterocycles. The van der Waals surface area contributed by atoms with Gasteiger partial charge in [0, 0.05) is 12.8 Å². The average Bonchev–Trinajstić information content (AvgIpc) is 2.47. The molecule has 0 bridgehead atoms. The van der Waals surface area contributed by atoms with Crippen LogP contribution in [0, 0.1) is 0 Å². The Morgan fingerprint density at radius 1 is 0.950 bits per heavy atom. The van der Waals surface area contributed by atoms with Crippen LogP contribution in [0.25, 0.3) is 0 Å². The molecule has 0 heterocycles. The summed E-state index contributed by atoms with van der Waals surface area (Å²) >= 11 is 0. The van der Waals surface area contributed by atoms with Crippen molar-refractivity contribution in [2.75, 3.05) is 0 Å². The predicted molar refractivity (Wildman–Crippen MR) is 74.9 cm³/mol. The van der Waals surface area contributed by atoms with Crippen molar-refractivity contribution >= 4 is 11.8 Å². The van der Waals surface area contributed by atoms with Crippen molar-refractivity contribution in [3.63, 3.8) is 0 Å².